The van der Waals surface area contributed by atoms with Gasteiger partial charge in [-0.15, -0.1) is 0 Å². The molecule has 0 fully saturated rings. The van der Waals surface area contributed by atoms with E-state index in [1.165, 1.54) is 12.1 Å². The second kappa shape index (κ2) is 6.24. The number of halogens is 2. The maximum absolute atomic E-state index is 13.0. The zero-order chi connectivity index (χ0) is 13.8. The average molecular weight is 277 g/mol. The highest BCUT2D eigenvalue weighted by molar-refractivity contribution is 7.91. The Labute approximate surface area is 106 Å². The van der Waals surface area contributed by atoms with E-state index in [0.29, 0.717) is 18.4 Å². The van der Waals surface area contributed by atoms with Crippen LogP contribution in [0.1, 0.15) is 31.4 Å². The van der Waals surface area contributed by atoms with Crippen LogP contribution in [0.25, 0.3) is 0 Å². The normalized spacial score (nSPS) is 13.6. The molecule has 1 rings (SSSR count). The lowest BCUT2D eigenvalue weighted by molar-refractivity contribution is 0.561. The third-order valence-electron chi connectivity index (χ3n) is 2.72. The van der Waals surface area contributed by atoms with Crippen molar-refractivity contribution in [1.29, 1.82) is 0 Å². The molecule has 0 aliphatic carbocycles. The van der Waals surface area contributed by atoms with Crippen LogP contribution in [0.3, 0.4) is 0 Å². The molecule has 0 amide bonds. The highest BCUT2D eigenvalue weighted by Crippen LogP contribution is 2.18. The monoisotopic (exact) mass is 277 g/mol. The van der Waals surface area contributed by atoms with E-state index >= 15 is 0 Å². The molecule has 18 heavy (non-hydrogen) atoms. The summed E-state index contributed by atoms with van der Waals surface area (Å²) in [6, 6.07) is 2.56. The lowest BCUT2D eigenvalue weighted by Gasteiger charge is -2.12. The van der Waals surface area contributed by atoms with Crippen LogP contribution in [-0.4, -0.2) is 19.9 Å². The van der Waals surface area contributed by atoms with Gasteiger partial charge in [0.05, 0.1) is 5.75 Å². The van der Waals surface area contributed by atoms with Gasteiger partial charge in [0.2, 0.25) is 0 Å². The van der Waals surface area contributed by atoms with Crippen LogP contribution in [0.15, 0.2) is 18.2 Å². The topological polar surface area (TPSA) is 60.2 Å². The van der Waals surface area contributed by atoms with Crippen molar-refractivity contribution < 1.29 is 17.2 Å². The molecule has 1 aromatic rings. The van der Waals surface area contributed by atoms with Gasteiger partial charge in [0.15, 0.2) is 0 Å². The molecule has 2 N–H and O–H groups in total. The number of sulfone groups is 1. The fourth-order valence-electron chi connectivity index (χ4n) is 1.62. The lowest BCUT2D eigenvalue weighted by Crippen LogP contribution is -2.14. The third kappa shape index (κ3) is 4.70. The van der Waals surface area contributed by atoms with E-state index in [9.17, 15) is 17.2 Å². The molecule has 0 aliphatic rings. The molecule has 1 aromatic carbocycles. The minimum Gasteiger partial charge on any atom is -0.324 e. The molecule has 102 valence electrons. The summed E-state index contributed by atoms with van der Waals surface area (Å²) >= 11 is 0. The first-order valence-electron chi connectivity index (χ1n) is 5.76. The molecule has 1 atom stereocenters. The van der Waals surface area contributed by atoms with Gasteiger partial charge in [-0.25, -0.2) is 17.2 Å². The number of rotatable bonds is 6. The summed E-state index contributed by atoms with van der Waals surface area (Å²) in [5, 5.41) is 0. The summed E-state index contributed by atoms with van der Waals surface area (Å²) in [7, 11) is -3.02. The molecule has 0 aromatic heterocycles. The summed E-state index contributed by atoms with van der Waals surface area (Å²) in [6.07, 6.45) is 0.762. The van der Waals surface area contributed by atoms with Crippen LogP contribution in [-0.2, 0) is 9.84 Å². The van der Waals surface area contributed by atoms with Crippen LogP contribution >= 0.6 is 0 Å². The molecule has 0 saturated heterocycles. The molecular formula is C12H17F2NO2S. The van der Waals surface area contributed by atoms with Crippen LogP contribution in [0, 0.1) is 11.6 Å². The summed E-state index contributed by atoms with van der Waals surface area (Å²) in [6.45, 7) is 1.58. The van der Waals surface area contributed by atoms with E-state index in [1.54, 1.807) is 6.92 Å². The average Bonchev–Trinajstić information content (AvgIpc) is 2.27. The number of hydrogen-bond acceptors (Lipinski definition) is 3. The Kier molecular flexibility index (Phi) is 5.22. The Morgan fingerprint density at radius 3 is 2.28 bits per heavy atom. The number of hydrogen-bond donors (Lipinski definition) is 1. The SMILES string of the molecule is CCS(=O)(=O)CCCC(N)c1cc(F)cc(F)c1. The minimum atomic E-state index is -3.02. The first-order valence-corrected chi connectivity index (χ1v) is 7.58. The highest BCUT2D eigenvalue weighted by Gasteiger charge is 2.12. The molecule has 0 spiro atoms. The predicted octanol–water partition coefficient (Wildman–Crippen LogP) is 2.18. The summed E-state index contributed by atoms with van der Waals surface area (Å²) in [5.41, 5.74) is 6.12. The van der Waals surface area contributed by atoms with Crippen molar-refractivity contribution in [2.75, 3.05) is 11.5 Å². The fraction of sp³-hybridized carbons (Fsp3) is 0.500. The second-order valence-electron chi connectivity index (χ2n) is 4.19. The Morgan fingerprint density at radius 2 is 1.78 bits per heavy atom. The van der Waals surface area contributed by atoms with Gasteiger partial charge < -0.3 is 5.73 Å². The van der Waals surface area contributed by atoms with Crippen molar-refractivity contribution in [2.24, 2.45) is 5.73 Å². The smallest absolute Gasteiger partial charge is 0.150 e. The van der Waals surface area contributed by atoms with Crippen molar-refractivity contribution in [3.63, 3.8) is 0 Å². The predicted molar refractivity (Wildman–Crippen MR) is 66.8 cm³/mol. The largest absolute Gasteiger partial charge is 0.324 e. The number of benzene rings is 1. The summed E-state index contributed by atoms with van der Waals surface area (Å²) in [5.74, 6) is -1.21. The molecule has 6 heteroatoms. The minimum absolute atomic E-state index is 0.0506. The van der Waals surface area contributed by atoms with E-state index in [0.717, 1.165) is 6.07 Å². The molecule has 0 aliphatic heterocycles. The van der Waals surface area contributed by atoms with Gasteiger partial charge in [-0.2, -0.15) is 0 Å². The highest BCUT2D eigenvalue weighted by atomic mass is 32.2. The van der Waals surface area contributed by atoms with Crippen LogP contribution in [0.5, 0.6) is 0 Å². The van der Waals surface area contributed by atoms with Crippen molar-refractivity contribution in [1.82, 2.24) is 0 Å². The maximum atomic E-state index is 13.0. The summed E-state index contributed by atoms with van der Waals surface area (Å²) < 4.78 is 48.5. The zero-order valence-electron chi connectivity index (χ0n) is 10.2. The van der Waals surface area contributed by atoms with E-state index in [4.69, 9.17) is 5.73 Å². The van der Waals surface area contributed by atoms with Crippen molar-refractivity contribution in [3.05, 3.63) is 35.4 Å². The van der Waals surface area contributed by atoms with Crippen molar-refractivity contribution in [2.45, 2.75) is 25.8 Å². The Morgan fingerprint density at radius 1 is 1.22 bits per heavy atom. The maximum Gasteiger partial charge on any atom is 0.150 e. The van der Waals surface area contributed by atoms with Crippen LogP contribution < -0.4 is 5.73 Å². The molecule has 0 radical (unpaired) electrons. The van der Waals surface area contributed by atoms with E-state index < -0.39 is 27.5 Å². The van der Waals surface area contributed by atoms with Crippen LogP contribution in [0.4, 0.5) is 8.78 Å². The zero-order valence-corrected chi connectivity index (χ0v) is 11.0. The van der Waals surface area contributed by atoms with E-state index in [-0.39, 0.29) is 11.5 Å². The first-order chi connectivity index (χ1) is 8.34. The molecule has 0 heterocycles. The fourth-order valence-corrected chi connectivity index (χ4v) is 2.52. The lowest BCUT2D eigenvalue weighted by atomic mass is 10.0. The Balaban J connectivity index is 2.58. The molecule has 0 bridgehead atoms. The van der Waals surface area contributed by atoms with E-state index in [1.807, 2.05) is 0 Å². The van der Waals surface area contributed by atoms with Gasteiger partial charge in [0.25, 0.3) is 0 Å². The quantitative estimate of drug-likeness (QED) is 0.867. The first kappa shape index (κ1) is 15.0. The second-order valence-corrected chi connectivity index (χ2v) is 6.66. The van der Waals surface area contributed by atoms with Crippen molar-refractivity contribution in [3.8, 4) is 0 Å². The molecule has 0 saturated carbocycles. The molecule has 1 unspecified atom stereocenters. The molecular weight excluding hydrogens is 260 g/mol. The molecule has 3 nitrogen and oxygen atoms in total. The van der Waals surface area contributed by atoms with Gasteiger partial charge in [-0.05, 0) is 30.5 Å². The van der Waals surface area contributed by atoms with Gasteiger partial charge in [0.1, 0.15) is 21.5 Å². The van der Waals surface area contributed by atoms with E-state index in [2.05, 4.69) is 0 Å². The van der Waals surface area contributed by atoms with Crippen LogP contribution in [0.2, 0.25) is 0 Å². The Bertz CT molecular complexity index is 483. The van der Waals surface area contributed by atoms with Crippen molar-refractivity contribution >= 4 is 9.84 Å². The standard InChI is InChI=1S/C12H17F2NO2S/c1-2-18(16,17)5-3-4-12(15)9-6-10(13)8-11(14)7-9/h6-8,12H,2-5,15H2,1H3. The van der Waals surface area contributed by atoms with Gasteiger partial charge >= 0.3 is 0 Å². The number of nitrogens with two attached hydrogens (primary N) is 1. The summed E-state index contributed by atoms with van der Waals surface area (Å²) in [4.78, 5) is 0. The van der Waals surface area contributed by atoms with Gasteiger partial charge in [0, 0.05) is 17.9 Å². The van der Waals surface area contributed by atoms with Gasteiger partial charge in [-0.1, -0.05) is 6.92 Å². The van der Waals surface area contributed by atoms with Gasteiger partial charge in [-0.3, -0.25) is 0 Å². The third-order valence-corrected chi connectivity index (χ3v) is 4.51. The Hall–Kier alpha value is -1.01.